The lowest BCUT2D eigenvalue weighted by Crippen LogP contribution is -2.25. The summed E-state index contributed by atoms with van der Waals surface area (Å²) in [5.41, 5.74) is 5.21. The van der Waals surface area contributed by atoms with Crippen LogP contribution in [-0.4, -0.2) is 11.5 Å². The van der Waals surface area contributed by atoms with Crippen LogP contribution < -0.4 is 5.32 Å². The van der Waals surface area contributed by atoms with Crippen LogP contribution in [0.5, 0.6) is 0 Å². The van der Waals surface area contributed by atoms with Crippen LogP contribution in [0.3, 0.4) is 0 Å². The van der Waals surface area contributed by atoms with Crippen molar-refractivity contribution in [1.82, 2.24) is 10.3 Å². The number of pyridine rings is 1. The highest BCUT2D eigenvalue weighted by Gasteiger charge is 2.15. The van der Waals surface area contributed by atoms with Gasteiger partial charge >= 0.3 is 0 Å². The van der Waals surface area contributed by atoms with E-state index in [0.29, 0.717) is 6.04 Å². The second-order valence-electron chi connectivity index (χ2n) is 5.59. The quantitative estimate of drug-likeness (QED) is 0.821. The second kappa shape index (κ2) is 7.94. The predicted molar refractivity (Wildman–Crippen MR) is 89.5 cm³/mol. The zero-order valence-corrected chi connectivity index (χ0v) is 13.4. The van der Waals surface area contributed by atoms with Gasteiger partial charge in [0.25, 0.3) is 0 Å². The molecule has 0 amide bonds. The first-order valence-corrected chi connectivity index (χ1v) is 7.97. The van der Waals surface area contributed by atoms with Crippen molar-refractivity contribution in [1.29, 1.82) is 0 Å². The lowest BCUT2D eigenvalue weighted by atomic mass is 9.95. The van der Waals surface area contributed by atoms with Crippen molar-refractivity contribution in [3.63, 3.8) is 0 Å². The molecule has 1 aromatic carbocycles. The lowest BCUT2D eigenvalue weighted by molar-refractivity contribution is 0.521. The van der Waals surface area contributed by atoms with Crippen molar-refractivity contribution in [2.75, 3.05) is 6.54 Å². The van der Waals surface area contributed by atoms with E-state index in [1.807, 2.05) is 6.20 Å². The molecule has 0 radical (unpaired) electrons. The molecule has 0 bridgehead atoms. The maximum absolute atomic E-state index is 4.57. The SMILES string of the molecule is CCCNC(Cc1ccc(C)cn1)c1ccccc1CC. The molecule has 0 aliphatic heterocycles. The van der Waals surface area contributed by atoms with Crippen molar-refractivity contribution in [3.8, 4) is 0 Å². The molecule has 1 N–H and O–H groups in total. The van der Waals surface area contributed by atoms with Gasteiger partial charge in [0, 0.05) is 24.4 Å². The van der Waals surface area contributed by atoms with Crippen LogP contribution in [0.1, 0.15) is 48.7 Å². The Balaban J connectivity index is 2.23. The molecule has 0 saturated heterocycles. The Morgan fingerprint density at radius 3 is 2.57 bits per heavy atom. The van der Waals surface area contributed by atoms with Gasteiger partial charge in [0.2, 0.25) is 0 Å². The van der Waals surface area contributed by atoms with Gasteiger partial charge in [-0.15, -0.1) is 0 Å². The number of aryl methyl sites for hydroxylation is 2. The minimum absolute atomic E-state index is 0.344. The molecule has 2 aromatic rings. The largest absolute Gasteiger partial charge is 0.310 e. The molecule has 1 aromatic heterocycles. The third kappa shape index (κ3) is 4.40. The highest BCUT2D eigenvalue weighted by Crippen LogP contribution is 2.22. The normalized spacial score (nSPS) is 12.3. The molecule has 0 aliphatic rings. The summed E-state index contributed by atoms with van der Waals surface area (Å²) >= 11 is 0. The highest BCUT2D eigenvalue weighted by molar-refractivity contribution is 5.31. The van der Waals surface area contributed by atoms with Crippen LogP contribution in [0.15, 0.2) is 42.6 Å². The Bertz CT molecular complexity index is 546. The van der Waals surface area contributed by atoms with Gasteiger partial charge in [-0.25, -0.2) is 0 Å². The summed E-state index contributed by atoms with van der Waals surface area (Å²) in [6.45, 7) is 7.55. The Morgan fingerprint density at radius 2 is 1.90 bits per heavy atom. The lowest BCUT2D eigenvalue weighted by Gasteiger charge is -2.21. The van der Waals surface area contributed by atoms with E-state index in [1.54, 1.807) is 0 Å². The molecule has 0 spiro atoms. The van der Waals surface area contributed by atoms with Gasteiger partial charge in [0.1, 0.15) is 0 Å². The van der Waals surface area contributed by atoms with Gasteiger partial charge < -0.3 is 5.32 Å². The first kappa shape index (κ1) is 15.7. The summed E-state index contributed by atoms with van der Waals surface area (Å²) in [5.74, 6) is 0. The molecule has 0 aliphatic carbocycles. The monoisotopic (exact) mass is 282 g/mol. The van der Waals surface area contributed by atoms with Gasteiger partial charge in [-0.1, -0.05) is 44.2 Å². The number of nitrogens with one attached hydrogen (secondary N) is 1. The molecular weight excluding hydrogens is 256 g/mol. The molecule has 0 fully saturated rings. The molecule has 1 unspecified atom stereocenters. The van der Waals surface area contributed by atoms with Gasteiger partial charge in [0.15, 0.2) is 0 Å². The molecule has 2 heteroatoms. The van der Waals surface area contributed by atoms with Crippen LogP contribution in [0, 0.1) is 6.92 Å². The van der Waals surface area contributed by atoms with Crippen molar-refractivity contribution in [3.05, 3.63) is 65.0 Å². The summed E-state index contributed by atoms with van der Waals surface area (Å²) in [6, 6.07) is 13.4. The number of hydrogen-bond acceptors (Lipinski definition) is 2. The third-order valence-corrected chi connectivity index (χ3v) is 3.84. The summed E-state index contributed by atoms with van der Waals surface area (Å²) in [6.07, 6.45) is 5.11. The van der Waals surface area contributed by atoms with E-state index in [2.05, 4.69) is 67.5 Å². The van der Waals surface area contributed by atoms with E-state index in [4.69, 9.17) is 0 Å². The summed E-state index contributed by atoms with van der Waals surface area (Å²) < 4.78 is 0. The fraction of sp³-hybridized carbons (Fsp3) is 0.421. The first-order chi connectivity index (χ1) is 10.2. The summed E-state index contributed by atoms with van der Waals surface area (Å²) in [5, 5.41) is 3.68. The Hall–Kier alpha value is -1.67. The van der Waals surface area contributed by atoms with Crippen LogP contribution in [0.2, 0.25) is 0 Å². The zero-order valence-electron chi connectivity index (χ0n) is 13.4. The molecule has 0 saturated carbocycles. The predicted octanol–water partition coefficient (Wildman–Crippen LogP) is 4.24. The number of rotatable bonds is 7. The number of nitrogens with zero attached hydrogens (tertiary/aromatic N) is 1. The van der Waals surface area contributed by atoms with Crippen LogP contribution in [0.25, 0.3) is 0 Å². The minimum Gasteiger partial charge on any atom is -0.310 e. The molecule has 2 nitrogen and oxygen atoms in total. The van der Waals surface area contributed by atoms with Crippen molar-refractivity contribution >= 4 is 0 Å². The zero-order chi connectivity index (χ0) is 15.1. The Kier molecular flexibility index (Phi) is 5.94. The average molecular weight is 282 g/mol. The second-order valence-corrected chi connectivity index (χ2v) is 5.59. The highest BCUT2D eigenvalue weighted by atomic mass is 14.9. The van der Waals surface area contributed by atoms with E-state index in [1.165, 1.54) is 16.7 Å². The van der Waals surface area contributed by atoms with Crippen molar-refractivity contribution in [2.24, 2.45) is 0 Å². The first-order valence-electron chi connectivity index (χ1n) is 7.97. The third-order valence-electron chi connectivity index (χ3n) is 3.84. The topological polar surface area (TPSA) is 24.9 Å². The summed E-state index contributed by atoms with van der Waals surface area (Å²) in [4.78, 5) is 4.57. The molecule has 2 rings (SSSR count). The van der Waals surface area contributed by atoms with Gasteiger partial charge in [-0.2, -0.15) is 0 Å². The standard InChI is InChI=1S/C19H26N2/c1-4-12-20-19(13-17-11-10-15(3)14-21-17)18-9-7-6-8-16(18)5-2/h6-11,14,19-20H,4-5,12-13H2,1-3H3. The minimum atomic E-state index is 0.344. The van der Waals surface area contributed by atoms with Crippen molar-refractivity contribution < 1.29 is 0 Å². The molecule has 1 heterocycles. The van der Waals surface area contributed by atoms with E-state index < -0.39 is 0 Å². The van der Waals surface area contributed by atoms with Crippen molar-refractivity contribution in [2.45, 2.75) is 46.1 Å². The number of hydrogen-bond donors (Lipinski definition) is 1. The van der Waals surface area contributed by atoms with E-state index in [0.717, 1.165) is 31.5 Å². The number of aromatic nitrogens is 1. The fourth-order valence-electron chi connectivity index (χ4n) is 2.64. The van der Waals surface area contributed by atoms with Gasteiger partial charge in [0.05, 0.1) is 0 Å². The van der Waals surface area contributed by atoms with E-state index >= 15 is 0 Å². The van der Waals surface area contributed by atoms with Crippen LogP contribution in [0.4, 0.5) is 0 Å². The van der Waals surface area contributed by atoms with Crippen LogP contribution in [-0.2, 0) is 12.8 Å². The van der Waals surface area contributed by atoms with Gasteiger partial charge in [-0.3, -0.25) is 4.98 Å². The maximum Gasteiger partial charge on any atom is 0.0422 e. The molecule has 1 atom stereocenters. The number of benzene rings is 1. The smallest absolute Gasteiger partial charge is 0.0422 e. The van der Waals surface area contributed by atoms with E-state index in [-0.39, 0.29) is 0 Å². The Labute approximate surface area is 128 Å². The molecule has 112 valence electrons. The van der Waals surface area contributed by atoms with Crippen LogP contribution >= 0.6 is 0 Å². The Morgan fingerprint density at radius 1 is 1.10 bits per heavy atom. The average Bonchev–Trinajstić information content (AvgIpc) is 2.53. The summed E-state index contributed by atoms with van der Waals surface area (Å²) in [7, 11) is 0. The van der Waals surface area contributed by atoms with Gasteiger partial charge in [-0.05, 0) is 49.1 Å². The van der Waals surface area contributed by atoms with E-state index in [9.17, 15) is 0 Å². The fourth-order valence-corrected chi connectivity index (χ4v) is 2.64. The maximum atomic E-state index is 4.57. The molecule has 21 heavy (non-hydrogen) atoms. The molecular formula is C19H26N2.